The average molecular weight is 449 g/mol. The van der Waals surface area contributed by atoms with E-state index in [0.29, 0.717) is 27.4 Å². The Morgan fingerprint density at radius 2 is 2.07 bits per heavy atom. The fourth-order valence-electron chi connectivity index (χ4n) is 2.26. The highest BCUT2D eigenvalue weighted by atomic mass is 79.9. The van der Waals surface area contributed by atoms with Gasteiger partial charge in [0, 0.05) is 0 Å². The van der Waals surface area contributed by atoms with Gasteiger partial charge < -0.3 is 14.6 Å². The number of nitrogens with one attached hydrogen (secondary N) is 1. The van der Waals surface area contributed by atoms with Crippen molar-refractivity contribution in [3.63, 3.8) is 0 Å². The van der Waals surface area contributed by atoms with Gasteiger partial charge in [-0.25, -0.2) is 5.10 Å². The zero-order valence-corrected chi connectivity index (χ0v) is 16.8. The average Bonchev–Trinajstić information content (AvgIpc) is 3.03. The van der Waals surface area contributed by atoms with E-state index in [0.717, 1.165) is 11.3 Å². The molecule has 0 saturated carbocycles. The number of phenolic OH excluding ortho intramolecular Hbond substituents is 1. The first kappa shape index (κ1) is 19.1. The molecule has 0 saturated heterocycles. The predicted octanol–water partition coefficient (Wildman–Crippen LogP) is 4.27. The summed E-state index contributed by atoms with van der Waals surface area (Å²) in [4.78, 5) is 0. The van der Waals surface area contributed by atoms with Gasteiger partial charge in [0.25, 0.3) is 0 Å². The van der Waals surface area contributed by atoms with Gasteiger partial charge in [-0.1, -0.05) is 18.2 Å². The van der Waals surface area contributed by atoms with Crippen LogP contribution in [-0.2, 0) is 6.61 Å². The molecule has 0 unspecified atom stereocenters. The Morgan fingerprint density at radius 1 is 1.30 bits per heavy atom. The highest BCUT2D eigenvalue weighted by Crippen LogP contribution is 2.35. The molecule has 3 aromatic rings. The number of halogens is 1. The Kier molecular flexibility index (Phi) is 6.25. The van der Waals surface area contributed by atoms with Gasteiger partial charge in [0.1, 0.15) is 12.4 Å². The number of aromatic hydroxyl groups is 1. The summed E-state index contributed by atoms with van der Waals surface area (Å²) in [6.45, 7) is 2.49. The SMILES string of the molecule is CCOc1cc(/C=N\n2c(COc3ccccc3)n[nH]c2=S)cc(Br)c1O. The van der Waals surface area contributed by atoms with Crippen molar-refractivity contribution >= 4 is 34.4 Å². The van der Waals surface area contributed by atoms with Crippen molar-refractivity contribution in [3.8, 4) is 17.2 Å². The van der Waals surface area contributed by atoms with Gasteiger partial charge in [0.05, 0.1) is 17.3 Å². The number of para-hydroxylation sites is 1. The lowest BCUT2D eigenvalue weighted by Gasteiger charge is -2.08. The number of rotatable bonds is 7. The molecule has 0 aliphatic rings. The van der Waals surface area contributed by atoms with E-state index in [-0.39, 0.29) is 12.4 Å². The molecule has 0 amide bonds. The highest BCUT2D eigenvalue weighted by Gasteiger charge is 2.09. The number of hydrogen-bond donors (Lipinski definition) is 2. The second kappa shape index (κ2) is 8.83. The molecule has 7 nitrogen and oxygen atoms in total. The maximum absolute atomic E-state index is 10.0. The minimum atomic E-state index is 0.0471. The smallest absolute Gasteiger partial charge is 0.216 e. The molecular formula is C18H17BrN4O3S. The van der Waals surface area contributed by atoms with Crippen molar-refractivity contribution in [3.05, 3.63) is 63.1 Å². The van der Waals surface area contributed by atoms with Crippen molar-refractivity contribution in [1.82, 2.24) is 14.9 Å². The van der Waals surface area contributed by atoms with Gasteiger partial charge in [-0.3, -0.25) is 0 Å². The van der Waals surface area contributed by atoms with E-state index < -0.39 is 0 Å². The third-order valence-corrected chi connectivity index (χ3v) is 4.37. The van der Waals surface area contributed by atoms with Crippen molar-refractivity contribution < 1.29 is 14.6 Å². The lowest BCUT2D eigenvalue weighted by Crippen LogP contribution is -2.04. The van der Waals surface area contributed by atoms with Crippen LogP contribution in [0, 0.1) is 4.77 Å². The third-order valence-electron chi connectivity index (χ3n) is 3.50. The Morgan fingerprint density at radius 3 is 2.81 bits per heavy atom. The van der Waals surface area contributed by atoms with Crippen LogP contribution in [0.1, 0.15) is 18.3 Å². The van der Waals surface area contributed by atoms with Gasteiger partial charge in [-0.05, 0) is 64.9 Å². The van der Waals surface area contributed by atoms with Crippen molar-refractivity contribution in [2.45, 2.75) is 13.5 Å². The Hall–Kier alpha value is -2.65. The molecule has 9 heteroatoms. The Labute approximate surface area is 169 Å². The number of H-pyrrole nitrogens is 1. The number of aromatic nitrogens is 3. The quantitative estimate of drug-likeness (QED) is 0.416. The lowest BCUT2D eigenvalue weighted by molar-refractivity contribution is 0.290. The summed E-state index contributed by atoms with van der Waals surface area (Å²) in [5, 5.41) is 21.2. The summed E-state index contributed by atoms with van der Waals surface area (Å²) in [5.74, 6) is 1.68. The first-order valence-electron chi connectivity index (χ1n) is 8.12. The van der Waals surface area contributed by atoms with Gasteiger partial charge in [-0.15, -0.1) is 0 Å². The summed E-state index contributed by atoms with van der Waals surface area (Å²) in [5.41, 5.74) is 0.723. The molecule has 0 aliphatic heterocycles. The zero-order valence-electron chi connectivity index (χ0n) is 14.4. The lowest BCUT2D eigenvalue weighted by atomic mass is 10.2. The summed E-state index contributed by atoms with van der Waals surface area (Å²) in [6.07, 6.45) is 1.60. The highest BCUT2D eigenvalue weighted by molar-refractivity contribution is 9.10. The van der Waals surface area contributed by atoms with Gasteiger partial charge in [0.2, 0.25) is 4.77 Å². The molecule has 0 radical (unpaired) electrons. The van der Waals surface area contributed by atoms with Crippen LogP contribution in [0.3, 0.4) is 0 Å². The first-order chi connectivity index (χ1) is 13.1. The number of aromatic amines is 1. The largest absolute Gasteiger partial charge is 0.503 e. The van der Waals surface area contributed by atoms with E-state index in [1.165, 1.54) is 4.68 Å². The van der Waals surface area contributed by atoms with E-state index >= 15 is 0 Å². The normalized spacial score (nSPS) is 11.0. The molecule has 0 bridgehead atoms. The van der Waals surface area contributed by atoms with E-state index in [1.54, 1.807) is 18.3 Å². The number of hydrogen-bond acceptors (Lipinski definition) is 6. The molecule has 1 aromatic heterocycles. The summed E-state index contributed by atoms with van der Waals surface area (Å²) in [6, 6.07) is 12.8. The Bertz CT molecular complexity index is 1000. The van der Waals surface area contributed by atoms with Crippen LogP contribution in [0.25, 0.3) is 0 Å². The number of phenols is 1. The monoisotopic (exact) mass is 448 g/mol. The van der Waals surface area contributed by atoms with Crippen LogP contribution in [0.15, 0.2) is 52.0 Å². The number of ether oxygens (including phenoxy) is 2. The van der Waals surface area contributed by atoms with Crippen LogP contribution in [-0.4, -0.2) is 32.8 Å². The van der Waals surface area contributed by atoms with E-state index in [4.69, 9.17) is 21.7 Å². The molecule has 0 fully saturated rings. The third kappa shape index (κ3) is 4.75. The van der Waals surface area contributed by atoms with Crippen LogP contribution in [0.2, 0.25) is 0 Å². The fourth-order valence-corrected chi connectivity index (χ4v) is 2.92. The molecular weight excluding hydrogens is 432 g/mol. The van der Waals surface area contributed by atoms with Crippen LogP contribution in [0.5, 0.6) is 17.2 Å². The van der Waals surface area contributed by atoms with Crippen molar-refractivity contribution in [1.29, 1.82) is 0 Å². The molecule has 1 heterocycles. The Balaban J connectivity index is 1.81. The summed E-state index contributed by atoms with van der Waals surface area (Å²) >= 11 is 8.54. The van der Waals surface area contributed by atoms with Crippen molar-refractivity contribution in [2.24, 2.45) is 5.10 Å². The molecule has 2 N–H and O–H groups in total. The van der Waals surface area contributed by atoms with Crippen molar-refractivity contribution in [2.75, 3.05) is 6.61 Å². The minimum Gasteiger partial charge on any atom is -0.503 e. The van der Waals surface area contributed by atoms with Crippen LogP contribution in [0.4, 0.5) is 0 Å². The molecule has 27 heavy (non-hydrogen) atoms. The van der Waals surface area contributed by atoms with E-state index in [1.807, 2.05) is 37.3 Å². The van der Waals surface area contributed by atoms with Gasteiger partial charge >= 0.3 is 0 Å². The topological polar surface area (TPSA) is 84.7 Å². The molecule has 0 spiro atoms. The van der Waals surface area contributed by atoms with Crippen LogP contribution < -0.4 is 9.47 Å². The second-order valence-corrected chi connectivity index (χ2v) is 6.63. The summed E-state index contributed by atoms with van der Waals surface area (Å²) < 4.78 is 13.5. The number of nitrogens with zero attached hydrogens (tertiary/aromatic N) is 3. The molecule has 0 atom stereocenters. The molecule has 3 rings (SSSR count). The number of benzene rings is 2. The second-order valence-electron chi connectivity index (χ2n) is 5.39. The van der Waals surface area contributed by atoms with Crippen LogP contribution >= 0.6 is 28.1 Å². The standard InChI is InChI=1S/C18H17BrN4O3S/c1-2-25-15-9-12(8-14(19)17(15)24)10-20-23-16(21-22-18(23)27)11-26-13-6-4-3-5-7-13/h3-10,24H,2,11H2,1H3,(H,22,27)/b20-10-. The van der Waals surface area contributed by atoms with Gasteiger partial charge in [0.15, 0.2) is 17.3 Å². The maximum atomic E-state index is 10.0. The van der Waals surface area contributed by atoms with E-state index in [2.05, 4.69) is 31.2 Å². The first-order valence-corrected chi connectivity index (χ1v) is 9.32. The predicted molar refractivity (Wildman–Crippen MR) is 108 cm³/mol. The minimum absolute atomic E-state index is 0.0471. The van der Waals surface area contributed by atoms with Gasteiger partial charge in [-0.2, -0.15) is 14.9 Å². The maximum Gasteiger partial charge on any atom is 0.216 e. The molecule has 140 valence electrons. The zero-order chi connectivity index (χ0) is 19.2. The molecule has 2 aromatic carbocycles. The summed E-state index contributed by atoms with van der Waals surface area (Å²) in [7, 11) is 0. The van der Waals surface area contributed by atoms with E-state index in [9.17, 15) is 5.11 Å². The fraction of sp³-hybridized carbons (Fsp3) is 0.167. The molecule has 0 aliphatic carbocycles.